The van der Waals surface area contributed by atoms with Crippen LogP contribution in [0.4, 0.5) is 4.39 Å². The smallest absolute Gasteiger partial charge is 0.151 e. The number of aromatic nitrogens is 2. The first-order chi connectivity index (χ1) is 9.77. The van der Waals surface area contributed by atoms with Crippen molar-refractivity contribution in [3.63, 3.8) is 0 Å². The van der Waals surface area contributed by atoms with Gasteiger partial charge in [0.05, 0.1) is 11.4 Å². The summed E-state index contributed by atoms with van der Waals surface area (Å²) in [4.78, 5) is 4.27. The van der Waals surface area contributed by atoms with Gasteiger partial charge < -0.3 is 9.30 Å². The second kappa shape index (κ2) is 7.60. The monoisotopic (exact) mass is 298 g/mol. The van der Waals surface area contributed by atoms with E-state index in [0.29, 0.717) is 17.9 Å². The van der Waals surface area contributed by atoms with E-state index in [0.717, 1.165) is 37.9 Å². The first kappa shape index (κ1) is 15.3. The molecule has 0 bridgehead atoms. The van der Waals surface area contributed by atoms with Crippen LogP contribution in [0.5, 0.6) is 0 Å². The molecule has 0 N–H and O–H groups in total. The molecule has 1 heterocycles. The van der Waals surface area contributed by atoms with Crippen LogP contribution in [0, 0.1) is 5.82 Å². The molecule has 1 aromatic carbocycles. The molecule has 0 unspecified atom stereocenters. The van der Waals surface area contributed by atoms with Crippen LogP contribution in [0.3, 0.4) is 0 Å². The Labute approximate surface area is 123 Å². The number of imidazole rings is 1. The van der Waals surface area contributed by atoms with Gasteiger partial charge in [0.2, 0.25) is 0 Å². The number of halogens is 2. The van der Waals surface area contributed by atoms with Crippen molar-refractivity contribution in [2.24, 2.45) is 0 Å². The molecule has 0 amide bonds. The second-order valence-electron chi connectivity index (χ2n) is 4.74. The predicted molar refractivity (Wildman–Crippen MR) is 79.6 cm³/mol. The quantitative estimate of drug-likeness (QED) is 0.541. The van der Waals surface area contributed by atoms with Gasteiger partial charge in [-0.3, -0.25) is 0 Å². The summed E-state index contributed by atoms with van der Waals surface area (Å²) in [6.07, 6.45) is 3.10. The maximum absolute atomic E-state index is 13.7. The lowest BCUT2D eigenvalue weighted by Crippen LogP contribution is -2.06. The van der Waals surface area contributed by atoms with E-state index in [1.807, 2.05) is 10.6 Å². The normalized spacial score (nSPS) is 11.3. The SMILES string of the molecule is CCCCOCCCn1c(CCl)nc2c(F)cccc21. The zero-order valence-electron chi connectivity index (χ0n) is 11.7. The van der Waals surface area contributed by atoms with Crippen molar-refractivity contribution >= 4 is 22.6 Å². The Morgan fingerprint density at radius 3 is 2.85 bits per heavy atom. The third kappa shape index (κ3) is 3.49. The van der Waals surface area contributed by atoms with Gasteiger partial charge in [-0.1, -0.05) is 19.4 Å². The van der Waals surface area contributed by atoms with E-state index in [4.69, 9.17) is 16.3 Å². The number of alkyl halides is 1. The summed E-state index contributed by atoms with van der Waals surface area (Å²) in [5, 5.41) is 0. The summed E-state index contributed by atoms with van der Waals surface area (Å²) in [7, 11) is 0. The van der Waals surface area contributed by atoms with Crippen LogP contribution in [-0.2, 0) is 17.2 Å². The number of fused-ring (bicyclic) bond motifs is 1. The fourth-order valence-corrected chi connectivity index (χ4v) is 2.39. The van der Waals surface area contributed by atoms with Crippen molar-refractivity contribution in [2.45, 2.75) is 38.6 Å². The lowest BCUT2D eigenvalue weighted by molar-refractivity contribution is 0.126. The van der Waals surface area contributed by atoms with Crippen molar-refractivity contribution in [3.8, 4) is 0 Å². The van der Waals surface area contributed by atoms with Gasteiger partial charge in [-0.15, -0.1) is 11.6 Å². The molecule has 110 valence electrons. The van der Waals surface area contributed by atoms with Gasteiger partial charge in [0.15, 0.2) is 5.82 Å². The highest BCUT2D eigenvalue weighted by molar-refractivity contribution is 6.16. The van der Waals surface area contributed by atoms with Crippen LogP contribution in [0.1, 0.15) is 32.0 Å². The van der Waals surface area contributed by atoms with E-state index in [1.165, 1.54) is 6.07 Å². The number of ether oxygens (including phenoxy) is 1. The summed E-state index contributed by atoms with van der Waals surface area (Å²) in [5.41, 5.74) is 1.20. The van der Waals surface area contributed by atoms with E-state index < -0.39 is 0 Å². The number of benzene rings is 1. The maximum Gasteiger partial charge on any atom is 0.151 e. The molecule has 2 aromatic rings. The van der Waals surface area contributed by atoms with Gasteiger partial charge in [0, 0.05) is 19.8 Å². The Morgan fingerprint density at radius 2 is 2.10 bits per heavy atom. The molecule has 5 heteroatoms. The highest BCUT2D eigenvalue weighted by atomic mass is 35.5. The molecule has 0 atom stereocenters. The molecule has 0 aliphatic rings. The number of hydrogen-bond donors (Lipinski definition) is 0. The van der Waals surface area contributed by atoms with Crippen LogP contribution >= 0.6 is 11.6 Å². The molecule has 0 spiro atoms. The van der Waals surface area contributed by atoms with Crippen molar-refractivity contribution < 1.29 is 9.13 Å². The number of unbranched alkanes of at least 4 members (excludes halogenated alkanes) is 1. The average molecular weight is 299 g/mol. The van der Waals surface area contributed by atoms with Gasteiger partial charge >= 0.3 is 0 Å². The Hall–Kier alpha value is -1.13. The van der Waals surface area contributed by atoms with E-state index >= 15 is 0 Å². The Balaban J connectivity index is 2.03. The van der Waals surface area contributed by atoms with E-state index in [-0.39, 0.29) is 11.7 Å². The largest absolute Gasteiger partial charge is 0.381 e. The van der Waals surface area contributed by atoms with E-state index in [9.17, 15) is 4.39 Å². The predicted octanol–water partition coefficient (Wildman–Crippen LogP) is 4.12. The second-order valence-corrected chi connectivity index (χ2v) is 5.01. The molecule has 3 nitrogen and oxygen atoms in total. The first-order valence-electron chi connectivity index (χ1n) is 7.05. The van der Waals surface area contributed by atoms with Gasteiger partial charge in [-0.25, -0.2) is 9.37 Å². The van der Waals surface area contributed by atoms with Gasteiger partial charge in [-0.05, 0) is 25.0 Å². The molecule has 0 saturated heterocycles. The number of hydrogen-bond acceptors (Lipinski definition) is 2. The lowest BCUT2D eigenvalue weighted by Gasteiger charge is -2.08. The number of aryl methyl sites for hydroxylation is 1. The van der Waals surface area contributed by atoms with Crippen LogP contribution in [0.15, 0.2) is 18.2 Å². The van der Waals surface area contributed by atoms with E-state index in [2.05, 4.69) is 11.9 Å². The highest BCUT2D eigenvalue weighted by Crippen LogP contribution is 2.20. The highest BCUT2D eigenvalue weighted by Gasteiger charge is 2.12. The van der Waals surface area contributed by atoms with Gasteiger partial charge in [0.1, 0.15) is 11.3 Å². The third-order valence-electron chi connectivity index (χ3n) is 3.24. The minimum Gasteiger partial charge on any atom is -0.381 e. The summed E-state index contributed by atoms with van der Waals surface area (Å²) in [6, 6.07) is 5.00. The van der Waals surface area contributed by atoms with Crippen LogP contribution in [0.2, 0.25) is 0 Å². The summed E-state index contributed by atoms with van der Waals surface area (Å²) >= 11 is 5.90. The summed E-state index contributed by atoms with van der Waals surface area (Å²) in [5.74, 6) is 0.692. The Kier molecular flexibility index (Phi) is 5.80. The molecular weight excluding hydrogens is 279 g/mol. The molecule has 0 fully saturated rings. The molecule has 20 heavy (non-hydrogen) atoms. The number of nitrogens with zero attached hydrogens (tertiary/aromatic N) is 2. The van der Waals surface area contributed by atoms with Crippen molar-refractivity contribution in [3.05, 3.63) is 29.8 Å². The van der Waals surface area contributed by atoms with Gasteiger partial charge in [-0.2, -0.15) is 0 Å². The molecule has 0 aliphatic heterocycles. The van der Waals surface area contributed by atoms with Crippen LogP contribution in [0.25, 0.3) is 11.0 Å². The van der Waals surface area contributed by atoms with Crippen molar-refractivity contribution in [1.29, 1.82) is 0 Å². The third-order valence-corrected chi connectivity index (χ3v) is 3.48. The molecule has 0 aliphatic carbocycles. The van der Waals surface area contributed by atoms with Crippen LogP contribution in [-0.4, -0.2) is 22.8 Å². The zero-order chi connectivity index (χ0) is 14.4. The molecule has 0 saturated carbocycles. The minimum atomic E-state index is -0.299. The fourth-order valence-electron chi connectivity index (χ4n) is 2.19. The average Bonchev–Trinajstić information content (AvgIpc) is 2.82. The van der Waals surface area contributed by atoms with Gasteiger partial charge in [0.25, 0.3) is 0 Å². The lowest BCUT2D eigenvalue weighted by atomic mass is 10.3. The van der Waals surface area contributed by atoms with Crippen molar-refractivity contribution in [2.75, 3.05) is 13.2 Å². The van der Waals surface area contributed by atoms with E-state index in [1.54, 1.807) is 6.07 Å². The van der Waals surface area contributed by atoms with Crippen molar-refractivity contribution in [1.82, 2.24) is 9.55 Å². The molecule has 0 radical (unpaired) electrons. The fraction of sp³-hybridized carbons (Fsp3) is 0.533. The number of para-hydroxylation sites is 1. The zero-order valence-corrected chi connectivity index (χ0v) is 12.5. The minimum absolute atomic E-state index is 0.283. The molecule has 1 aromatic heterocycles. The first-order valence-corrected chi connectivity index (χ1v) is 7.58. The Bertz CT molecular complexity index is 556. The summed E-state index contributed by atoms with van der Waals surface area (Å²) in [6.45, 7) is 4.39. The van der Waals surface area contributed by atoms with Crippen LogP contribution < -0.4 is 0 Å². The molecule has 2 rings (SSSR count). The molecular formula is C15H20ClFN2O. The Morgan fingerprint density at radius 1 is 1.30 bits per heavy atom. The topological polar surface area (TPSA) is 27.1 Å². The summed E-state index contributed by atoms with van der Waals surface area (Å²) < 4.78 is 21.2. The number of rotatable bonds is 8. The standard InChI is InChI=1S/C15H20ClFN2O/c1-2-3-9-20-10-5-8-19-13-7-4-6-12(17)15(13)18-14(19)11-16/h4,6-7H,2-3,5,8-11H2,1H3. The maximum atomic E-state index is 13.7.